The van der Waals surface area contributed by atoms with Crippen LogP contribution >= 0.6 is 7.82 Å². The molecule has 0 heterocycles. The van der Waals surface area contributed by atoms with Gasteiger partial charge in [0.25, 0.3) is 0 Å². The first-order valence-corrected chi connectivity index (χ1v) is 7.15. The largest absolute Gasteiger partial charge is 0.790 e. The molecule has 106 valence electrons. The van der Waals surface area contributed by atoms with Crippen molar-refractivity contribution >= 4 is 19.4 Å². The van der Waals surface area contributed by atoms with Gasteiger partial charge in [0.15, 0.2) is 0 Å². The lowest BCUT2D eigenvalue weighted by atomic mass is 10.1. The summed E-state index contributed by atoms with van der Waals surface area (Å²) in [5.74, 6) is -1.91. The maximum atomic E-state index is 11.3. The number of hydrogen-bond acceptors (Lipinski definition) is 7. The van der Waals surface area contributed by atoms with E-state index in [1.165, 1.54) is 0 Å². The molecule has 1 unspecified atom stereocenters. The monoisotopic (exact) mass is 280 g/mol. The number of phosphoric ester groups is 1. The third-order valence-electron chi connectivity index (χ3n) is 2.23. The molecule has 0 aromatic rings. The summed E-state index contributed by atoms with van der Waals surface area (Å²) in [6.45, 7) is 0.988. The Bertz CT molecular complexity index is 322. The minimum Gasteiger partial charge on any atom is -0.790 e. The van der Waals surface area contributed by atoms with Crippen molar-refractivity contribution in [1.82, 2.24) is 0 Å². The molecule has 1 atom stereocenters. The molecule has 0 bridgehead atoms. The molecule has 0 aromatic heterocycles. The number of unbranched alkanes of at least 4 members (excludes halogenated alkanes) is 3. The zero-order valence-corrected chi connectivity index (χ0v) is 11.1. The number of aliphatic hydroxyl groups excluding tert-OH is 1. The molecule has 0 radical (unpaired) electrons. The van der Waals surface area contributed by atoms with Gasteiger partial charge in [0.1, 0.15) is 6.10 Å². The number of hydrogen-bond donors (Lipinski definition) is 1. The lowest BCUT2D eigenvalue weighted by molar-refractivity contribution is -0.342. The highest BCUT2D eigenvalue weighted by Gasteiger charge is 2.22. The first kappa shape index (κ1) is 17.4. The molecule has 0 amide bonds. The van der Waals surface area contributed by atoms with Crippen molar-refractivity contribution in [3.05, 3.63) is 0 Å². The molecule has 1 N–H and O–H groups in total. The minimum atomic E-state index is -5.24. The van der Waals surface area contributed by atoms with Crippen LogP contribution in [0.2, 0.25) is 0 Å². The Labute approximate surface area is 105 Å². The zero-order valence-electron chi connectivity index (χ0n) is 10.2. The van der Waals surface area contributed by atoms with Crippen LogP contribution < -0.4 is 9.79 Å². The quantitative estimate of drug-likeness (QED) is 0.318. The van der Waals surface area contributed by atoms with Gasteiger partial charge in [0, 0.05) is 6.42 Å². The molecule has 18 heavy (non-hydrogen) atoms. The van der Waals surface area contributed by atoms with Crippen LogP contribution in [0.5, 0.6) is 0 Å². The fourth-order valence-electron chi connectivity index (χ4n) is 1.26. The van der Waals surface area contributed by atoms with Gasteiger partial charge in [-0.3, -0.25) is 9.59 Å². The van der Waals surface area contributed by atoms with Gasteiger partial charge in [0.05, 0.1) is 14.4 Å². The van der Waals surface area contributed by atoms with Gasteiger partial charge in [-0.2, -0.15) is 0 Å². The molecule has 7 nitrogen and oxygen atoms in total. The van der Waals surface area contributed by atoms with E-state index in [1.807, 2.05) is 6.92 Å². The molecule has 0 aromatic carbocycles. The van der Waals surface area contributed by atoms with Gasteiger partial charge in [-0.15, -0.1) is 0 Å². The molecular formula is C10H17O7P-2. The molecule has 0 aliphatic rings. The predicted molar refractivity (Wildman–Crippen MR) is 58.3 cm³/mol. The molecule has 0 rings (SSSR count). The Morgan fingerprint density at radius 1 is 1.28 bits per heavy atom. The van der Waals surface area contributed by atoms with Crippen molar-refractivity contribution in [2.45, 2.75) is 45.1 Å². The molecule has 0 aliphatic carbocycles. The standard InChI is InChI=1S/C10H19O7P/c1-2-3-4-5-6-8(11)10(13)9(12)7-17-18(14,15)16/h9,12H,2-7H2,1H3,(H2,14,15,16)/p-2. The average Bonchev–Trinajstić information content (AvgIpc) is 2.29. The summed E-state index contributed by atoms with van der Waals surface area (Å²) in [5, 5.41) is 9.16. The van der Waals surface area contributed by atoms with Crippen molar-refractivity contribution in [2.75, 3.05) is 6.61 Å². The van der Waals surface area contributed by atoms with Gasteiger partial charge >= 0.3 is 0 Å². The smallest absolute Gasteiger partial charge is 0.229 e. The highest BCUT2D eigenvalue weighted by Crippen LogP contribution is 2.24. The van der Waals surface area contributed by atoms with Gasteiger partial charge in [-0.1, -0.05) is 26.2 Å². The van der Waals surface area contributed by atoms with Crippen molar-refractivity contribution in [2.24, 2.45) is 0 Å². The van der Waals surface area contributed by atoms with Crippen LogP contribution in [0.4, 0.5) is 0 Å². The Morgan fingerprint density at radius 2 is 1.89 bits per heavy atom. The van der Waals surface area contributed by atoms with Crippen LogP contribution in [0, 0.1) is 0 Å². The van der Waals surface area contributed by atoms with E-state index < -0.39 is 32.1 Å². The van der Waals surface area contributed by atoms with Crippen molar-refractivity contribution in [1.29, 1.82) is 0 Å². The van der Waals surface area contributed by atoms with Crippen molar-refractivity contribution < 1.29 is 33.6 Å². The van der Waals surface area contributed by atoms with E-state index in [2.05, 4.69) is 4.52 Å². The lowest BCUT2D eigenvalue weighted by Crippen LogP contribution is -2.33. The summed E-state index contributed by atoms with van der Waals surface area (Å²) in [7, 11) is -5.24. The first-order chi connectivity index (χ1) is 8.28. The van der Waals surface area contributed by atoms with Crippen LogP contribution in [-0.2, 0) is 18.7 Å². The summed E-state index contributed by atoms with van der Waals surface area (Å²) in [6.07, 6.45) is 1.37. The SMILES string of the molecule is CCCCCCC(=O)C(=O)C(O)COP(=O)([O-])[O-]. The number of carbonyl (C=O) groups is 2. The molecule has 8 heteroatoms. The van der Waals surface area contributed by atoms with Crippen LogP contribution in [0.3, 0.4) is 0 Å². The average molecular weight is 280 g/mol. The Morgan fingerprint density at radius 3 is 2.39 bits per heavy atom. The Balaban J connectivity index is 3.97. The predicted octanol–water partition coefficient (Wildman–Crippen LogP) is -0.699. The van der Waals surface area contributed by atoms with Crippen LogP contribution in [-0.4, -0.2) is 29.4 Å². The highest BCUT2D eigenvalue weighted by atomic mass is 31.2. The van der Waals surface area contributed by atoms with Crippen molar-refractivity contribution in [3.63, 3.8) is 0 Å². The van der Waals surface area contributed by atoms with Crippen LogP contribution in [0.25, 0.3) is 0 Å². The van der Waals surface area contributed by atoms with E-state index in [9.17, 15) is 23.9 Å². The topological polar surface area (TPSA) is 127 Å². The number of phosphoric acid groups is 1. The third-order valence-corrected chi connectivity index (χ3v) is 2.69. The van der Waals surface area contributed by atoms with Gasteiger partial charge in [-0.05, 0) is 6.42 Å². The van der Waals surface area contributed by atoms with E-state index in [0.29, 0.717) is 6.42 Å². The number of aliphatic hydroxyl groups is 1. The molecular weight excluding hydrogens is 263 g/mol. The van der Waals surface area contributed by atoms with Gasteiger partial charge < -0.3 is 24.0 Å². The van der Waals surface area contributed by atoms with E-state index in [-0.39, 0.29) is 6.42 Å². The number of Topliss-reactive ketones (excluding diaryl/α,β-unsaturated/α-hetero) is 2. The summed E-state index contributed by atoms with van der Waals surface area (Å²) >= 11 is 0. The Hall–Kier alpha value is -0.590. The van der Waals surface area contributed by atoms with E-state index in [4.69, 9.17) is 5.11 Å². The van der Waals surface area contributed by atoms with Crippen LogP contribution in [0.15, 0.2) is 0 Å². The maximum absolute atomic E-state index is 11.3. The molecule has 0 aliphatic heterocycles. The first-order valence-electron chi connectivity index (χ1n) is 5.69. The van der Waals surface area contributed by atoms with E-state index >= 15 is 0 Å². The van der Waals surface area contributed by atoms with E-state index in [0.717, 1.165) is 19.3 Å². The summed E-state index contributed by atoms with van der Waals surface area (Å²) in [5.41, 5.74) is 0. The zero-order chi connectivity index (χ0) is 14.2. The Kier molecular flexibility index (Phi) is 8.22. The normalized spacial score (nSPS) is 13.3. The highest BCUT2D eigenvalue weighted by molar-refractivity contribution is 7.43. The molecule has 0 spiro atoms. The van der Waals surface area contributed by atoms with Crippen LogP contribution in [0.1, 0.15) is 39.0 Å². The lowest BCUT2D eigenvalue weighted by Gasteiger charge is -2.29. The minimum absolute atomic E-state index is 0.00229. The summed E-state index contributed by atoms with van der Waals surface area (Å²) in [6, 6.07) is 0. The fourth-order valence-corrected chi connectivity index (χ4v) is 1.58. The molecule has 0 fully saturated rings. The van der Waals surface area contributed by atoms with E-state index in [1.54, 1.807) is 0 Å². The number of ketones is 2. The second-order valence-electron chi connectivity index (χ2n) is 3.86. The third kappa shape index (κ3) is 8.49. The number of carbonyl (C=O) groups excluding carboxylic acids is 2. The van der Waals surface area contributed by atoms with Gasteiger partial charge in [-0.25, -0.2) is 0 Å². The second kappa shape index (κ2) is 8.50. The maximum Gasteiger partial charge on any atom is 0.229 e. The molecule has 0 saturated heterocycles. The summed E-state index contributed by atoms with van der Waals surface area (Å²) < 4.78 is 13.8. The summed E-state index contributed by atoms with van der Waals surface area (Å²) in [4.78, 5) is 42.8. The second-order valence-corrected chi connectivity index (χ2v) is 5.01. The fraction of sp³-hybridized carbons (Fsp3) is 0.800. The molecule has 0 saturated carbocycles. The van der Waals surface area contributed by atoms with Crippen molar-refractivity contribution in [3.8, 4) is 0 Å². The van der Waals surface area contributed by atoms with Gasteiger partial charge in [0.2, 0.25) is 11.6 Å². The number of rotatable bonds is 10.